The van der Waals surface area contributed by atoms with Gasteiger partial charge in [-0.05, 0) is 6.42 Å². The molecule has 0 unspecified atom stereocenters. The summed E-state index contributed by atoms with van der Waals surface area (Å²) in [6, 6.07) is -0.475. The molecule has 5 heteroatoms. The number of nitrogens with zero attached hydrogens (tertiary/aromatic N) is 2. The van der Waals surface area contributed by atoms with Gasteiger partial charge in [-0.3, -0.25) is 19.4 Å². The molecule has 0 aromatic carbocycles. The molecule has 1 aliphatic rings. The number of urea groups is 1. The summed E-state index contributed by atoms with van der Waals surface area (Å²) in [7, 11) is 1.43. The smallest absolute Gasteiger partial charge is 0.274 e. The van der Waals surface area contributed by atoms with Gasteiger partial charge in [0.05, 0.1) is 0 Å². The third kappa shape index (κ3) is 6.16. The quantitative estimate of drug-likeness (QED) is 0.432. The van der Waals surface area contributed by atoms with E-state index < -0.39 is 11.9 Å². The molecule has 0 atom stereocenters. The van der Waals surface area contributed by atoms with Gasteiger partial charge in [-0.25, -0.2) is 4.79 Å². The minimum Gasteiger partial charge on any atom is -0.274 e. The summed E-state index contributed by atoms with van der Waals surface area (Å²) in [5, 5.41) is 0. The third-order valence-corrected chi connectivity index (χ3v) is 4.23. The molecule has 0 N–H and O–H groups in total. The molecule has 1 aliphatic heterocycles. The zero-order chi connectivity index (χ0) is 16.4. The van der Waals surface area contributed by atoms with Crippen LogP contribution in [0.2, 0.25) is 0 Å². The molecule has 0 aromatic rings. The zero-order valence-corrected chi connectivity index (χ0v) is 14.1. The van der Waals surface area contributed by atoms with E-state index in [0.717, 1.165) is 24.2 Å². The maximum absolute atomic E-state index is 11.8. The second-order valence-electron chi connectivity index (χ2n) is 6.14. The number of imide groups is 2. The molecule has 1 rings (SSSR count). The van der Waals surface area contributed by atoms with Crippen LogP contribution in [0, 0.1) is 0 Å². The van der Waals surface area contributed by atoms with Gasteiger partial charge in [0.15, 0.2) is 0 Å². The lowest BCUT2D eigenvalue weighted by Gasteiger charge is -2.30. The molecule has 0 aliphatic carbocycles. The minimum atomic E-state index is -0.475. The summed E-state index contributed by atoms with van der Waals surface area (Å²) in [6.07, 6.45) is 12.0. The summed E-state index contributed by atoms with van der Waals surface area (Å²) in [5.41, 5.74) is 0. The Morgan fingerprint density at radius 3 is 1.82 bits per heavy atom. The normalized spacial score (nSPS) is 15.8. The monoisotopic (exact) mass is 310 g/mol. The topological polar surface area (TPSA) is 57.7 Å². The van der Waals surface area contributed by atoms with Crippen molar-refractivity contribution in [3.63, 3.8) is 0 Å². The van der Waals surface area contributed by atoms with Crippen LogP contribution < -0.4 is 0 Å². The lowest BCUT2D eigenvalue weighted by molar-refractivity contribution is -0.141. The highest BCUT2D eigenvalue weighted by Crippen LogP contribution is 2.14. The van der Waals surface area contributed by atoms with Crippen LogP contribution in [0.25, 0.3) is 0 Å². The molecule has 0 aromatic heterocycles. The van der Waals surface area contributed by atoms with Gasteiger partial charge < -0.3 is 0 Å². The Bertz CT molecular complexity index is 382. The number of unbranched alkanes of at least 4 members (excludes halogenated alkanes) is 9. The Kier molecular flexibility index (Phi) is 8.78. The zero-order valence-electron chi connectivity index (χ0n) is 14.1. The maximum atomic E-state index is 11.8. The molecule has 0 saturated carbocycles. The summed E-state index contributed by atoms with van der Waals surface area (Å²) in [5.74, 6) is -0.765. The molecule has 1 heterocycles. The second kappa shape index (κ2) is 10.4. The summed E-state index contributed by atoms with van der Waals surface area (Å²) >= 11 is 0. The van der Waals surface area contributed by atoms with E-state index in [1.807, 2.05) is 0 Å². The van der Waals surface area contributed by atoms with Crippen LogP contribution in [0.15, 0.2) is 0 Å². The van der Waals surface area contributed by atoms with Crippen LogP contribution in [-0.2, 0) is 9.59 Å². The van der Waals surface area contributed by atoms with Gasteiger partial charge in [0.1, 0.15) is 6.42 Å². The standard InChI is InChI=1S/C17H30N2O3/c1-3-4-5-6-7-8-9-10-11-12-13-19-16(21)14-15(20)18(2)17(19)22/h3-14H2,1-2H3. The van der Waals surface area contributed by atoms with Crippen molar-refractivity contribution in [1.82, 2.24) is 9.80 Å². The maximum Gasteiger partial charge on any atom is 0.333 e. The van der Waals surface area contributed by atoms with E-state index in [1.165, 1.54) is 56.9 Å². The van der Waals surface area contributed by atoms with Crippen LogP contribution >= 0.6 is 0 Å². The van der Waals surface area contributed by atoms with Gasteiger partial charge in [0.2, 0.25) is 11.8 Å². The number of barbiturate groups is 1. The van der Waals surface area contributed by atoms with Crippen molar-refractivity contribution in [3.8, 4) is 0 Å². The molecule has 5 nitrogen and oxygen atoms in total. The Labute approximate surface area is 134 Å². The lowest BCUT2D eigenvalue weighted by atomic mass is 10.1. The van der Waals surface area contributed by atoms with Gasteiger partial charge in [-0.2, -0.15) is 0 Å². The molecule has 1 saturated heterocycles. The molecular weight excluding hydrogens is 280 g/mol. The van der Waals surface area contributed by atoms with Crippen molar-refractivity contribution in [3.05, 3.63) is 0 Å². The fourth-order valence-corrected chi connectivity index (χ4v) is 2.72. The van der Waals surface area contributed by atoms with Gasteiger partial charge in [0, 0.05) is 13.6 Å². The number of carbonyl (C=O) groups is 3. The molecule has 0 bridgehead atoms. The number of carbonyl (C=O) groups excluding carboxylic acids is 3. The SMILES string of the molecule is CCCCCCCCCCCCN1C(=O)CC(=O)N(C)C1=O. The van der Waals surface area contributed by atoms with Crippen molar-refractivity contribution < 1.29 is 14.4 Å². The number of rotatable bonds is 11. The van der Waals surface area contributed by atoms with Gasteiger partial charge in [-0.1, -0.05) is 64.7 Å². The molecular formula is C17H30N2O3. The molecule has 0 spiro atoms. The van der Waals surface area contributed by atoms with Crippen LogP contribution in [-0.4, -0.2) is 41.2 Å². The number of amides is 4. The first-order valence-corrected chi connectivity index (χ1v) is 8.68. The predicted molar refractivity (Wildman–Crippen MR) is 86.3 cm³/mol. The molecule has 4 amide bonds. The van der Waals surface area contributed by atoms with E-state index in [0.29, 0.717) is 6.54 Å². The number of hydrogen-bond donors (Lipinski definition) is 0. The summed E-state index contributed by atoms with van der Waals surface area (Å²) < 4.78 is 0. The van der Waals surface area contributed by atoms with Crippen molar-refractivity contribution in [1.29, 1.82) is 0 Å². The Balaban J connectivity index is 2.06. The highest BCUT2D eigenvalue weighted by Gasteiger charge is 2.34. The Morgan fingerprint density at radius 2 is 1.27 bits per heavy atom. The molecule has 126 valence electrons. The van der Waals surface area contributed by atoms with Crippen LogP contribution in [0.3, 0.4) is 0 Å². The van der Waals surface area contributed by atoms with E-state index in [9.17, 15) is 14.4 Å². The van der Waals surface area contributed by atoms with Gasteiger partial charge in [0.25, 0.3) is 0 Å². The fourth-order valence-electron chi connectivity index (χ4n) is 2.72. The number of hydrogen-bond acceptors (Lipinski definition) is 3. The lowest BCUT2D eigenvalue weighted by Crippen LogP contribution is -2.53. The summed E-state index contributed by atoms with van der Waals surface area (Å²) in [4.78, 5) is 37.2. The van der Waals surface area contributed by atoms with Gasteiger partial charge >= 0.3 is 6.03 Å². The largest absolute Gasteiger partial charge is 0.333 e. The summed E-state index contributed by atoms with van der Waals surface area (Å²) in [6.45, 7) is 2.66. The van der Waals surface area contributed by atoms with Crippen molar-refractivity contribution in [2.24, 2.45) is 0 Å². The highest BCUT2D eigenvalue weighted by atomic mass is 16.2. The van der Waals surface area contributed by atoms with Crippen LogP contribution in [0.5, 0.6) is 0 Å². The Hall–Kier alpha value is -1.39. The minimum absolute atomic E-state index is 0.181. The fraction of sp³-hybridized carbons (Fsp3) is 0.824. The van der Waals surface area contributed by atoms with E-state index >= 15 is 0 Å². The predicted octanol–water partition coefficient (Wildman–Crippen LogP) is 3.72. The van der Waals surface area contributed by atoms with Gasteiger partial charge in [-0.15, -0.1) is 0 Å². The first kappa shape index (κ1) is 18.7. The van der Waals surface area contributed by atoms with Crippen molar-refractivity contribution >= 4 is 17.8 Å². The average molecular weight is 310 g/mol. The Morgan fingerprint density at radius 1 is 0.773 bits per heavy atom. The van der Waals surface area contributed by atoms with E-state index in [4.69, 9.17) is 0 Å². The molecule has 1 fully saturated rings. The van der Waals surface area contributed by atoms with E-state index in [2.05, 4.69) is 6.92 Å². The average Bonchev–Trinajstić information content (AvgIpc) is 2.50. The second-order valence-corrected chi connectivity index (χ2v) is 6.14. The highest BCUT2D eigenvalue weighted by molar-refractivity contribution is 6.13. The van der Waals surface area contributed by atoms with Crippen molar-refractivity contribution in [2.45, 2.75) is 77.6 Å². The van der Waals surface area contributed by atoms with E-state index in [1.54, 1.807) is 0 Å². The van der Waals surface area contributed by atoms with E-state index in [-0.39, 0.29) is 12.3 Å². The molecule has 0 radical (unpaired) electrons. The van der Waals surface area contributed by atoms with Crippen molar-refractivity contribution in [2.75, 3.05) is 13.6 Å². The third-order valence-electron chi connectivity index (χ3n) is 4.23. The van der Waals surface area contributed by atoms with Crippen LogP contribution in [0.4, 0.5) is 4.79 Å². The molecule has 22 heavy (non-hydrogen) atoms. The first-order valence-electron chi connectivity index (χ1n) is 8.68. The van der Waals surface area contributed by atoms with Crippen LogP contribution in [0.1, 0.15) is 77.6 Å². The first-order chi connectivity index (χ1) is 10.6.